The summed E-state index contributed by atoms with van der Waals surface area (Å²) >= 11 is 1.22. The molecule has 0 spiro atoms. The van der Waals surface area contributed by atoms with Crippen LogP contribution in [0.4, 0.5) is 5.82 Å². The van der Waals surface area contributed by atoms with Crippen LogP contribution in [0.15, 0.2) is 24.4 Å². The molecule has 5 nitrogen and oxygen atoms in total. The smallest absolute Gasteiger partial charge is 0.266 e. The second-order valence-electron chi connectivity index (χ2n) is 5.27. The van der Waals surface area contributed by atoms with Crippen molar-refractivity contribution in [3.05, 3.63) is 34.2 Å². The largest absolute Gasteiger partial charge is 0.306 e. The Bertz CT molecular complexity index is 668. The average Bonchev–Trinajstić information content (AvgIpc) is 3.19. The van der Waals surface area contributed by atoms with Gasteiger partial charge in [-0.05, 0) is 31.9 Å². The summed E-state index contributed by atoms with van der Waals surface area (Å²) in [6.45, 7) is 1.50. The number of carbonyl (C=O) groups excluding carboxylic acids is 2. The van der Waals surface area contributed by atoms with Crippen molar-refractivity contribution in [2.45, 2.75) is 38.6 Å². The lowest BCUT2D eigenvalue weighted by Crippen LogP contribution is -2.16. The lowest BCUT2D eigenvalue weighted by Gasteiger charge is -2.14. The van der Waals surface area contributed by atoms with Gasteiger partial charge in [-0.25, -0.2) is 4.68 Å². The molecule has 1 aliphatic carbocycles. The number of thiophene rings is 1. The second kappa shape index (κ2) is 5.81. The van der Waals surface area contributed by atoms with Crippen molar-refractivity contribution < 1.29 is 9.59 Å². The van der Waals surface area contributed by atoms with Crippen molar-refractivity contribution in [1.82, 2.24) is 9.78 Å². The van der Waals surface area contributed by atoms with E-state index < -0.39 is 0 Å². The second-order valence-corrected chi connectivity index (χ2v) is 6.36. The lowest BCUT2D eigenvalue weighted by molar-refractivity contribution is 0.101. The molecule has 0 radical (unpaired) electrons. The quantitative estimate of drug-likeness (QED) is 0.879. The number of amides is 1. The molecule has 0 aliphatic heterocycles. The highest BCUT2D eigenvalue weighted by atomic mass is 32.1. The van der Waals surface area contributed by atoms with Crippen LogP contribution in [0.25, 0.3) is 0 Å². The summed E-state index contributed by atoms with van der Waals surface area (Å²) in [4.78, 5) is 24.7. The van der Waals surface area contributed by atoms with E-state index in [0.29, 0.717) is 15.8 Å². The number of nitrogens with one attached hydrogen (secondary N) is 1. The molecule has 1 amide bonds. The van der Waals surface area contributed by atoms with E-state index in [1.54, 1.807) is 18.3 Å². The Labute approximate surface area is 127 Å². The van der Waals surface area contributed by atoms with Crippen LogP contribution in [-0.4, -0.2) is 21.5 Å². The SMILES string of the molecule is CC(=O)c1ccc(C(=O)Nc2ccnn2C2CCCC2)s1. The van der Waals surface area contributed by atoms with Gasteiger partial charge in [0.1, 0.15) is 5.82 Å². The molecular weight excluding hydrogens is 286 g/mol. The molecule has 0 unspecified atom stereocenters. The summed E-state index contributed by atoms with van der Waals surface area (Å²) in [5.74, 6) is 0.520. The fourth-order valence-corrected chi connectivity index (χ4v) is 3.48. The number of ketones is 1. The Hall–Kier alpha value is -1.95. The molecule has 2 heterocycles. The Morgan fingerprint density at radius 1 is 1.24 bits per heavy atom. The first kappa shape index (κ1) is 14.0. The normalized spacial score (nSPS) is 15.3. The predicted octanol–water partition coefficient (Wildman–Crippen LogP) is 3.51. The number of aromatic nitrogens is 2. The predicted molar refractivity (Wildman–Crippen MR) is 82.0 cm³/mol. The van der Waals surface area contributed by atoms with E-state index in [9.17, 15) is 9.59 Å². The van der Waals surface area contributed by atoms with Gasteiger partial charge in [0.15, 0.2) is 5.78 Å². The van der Waals surface area contributed by atoms with Crippen LogP contribution in [0.2, 0.25) is 0 Å². The number of nitrogens with zero attached hydrogens (tertiary/aromatic N) is 2. The molecule has 2 aromatic rings. The summed E-state index contributed by atoms with van der Waals surface area (Å²) in [5, 5.41) is 7.23. The molecule has 0 aromatic carbocycles. The van der Waals surface area contributed by atoms with E-state index in [1.165, 1.54) is 31.1 Å². The highest BCUT2D eigenvalue weighted by molar-refractivity contribution is 7.16. The zero-order chi connectivity index (χ0) is 14.8. The molecule has 6 heteroatoms. The average molecular weight is 303 g/mol. The van der Waals surface area contributed by atoms with Gasteiger partial charge in [-0.15, -0.1) is 11.3 Å². The first-order chi connectivity index (χ1) is 10.1. The molecule has 0 saturated heterocycles. The van der Waals surface area contributed by atoms with Crippen LogP contribution in [0.1, 0.15) is 58.0 Å². The molecule has 0 bridgehead atoms. The Balaban J connectivity index is 1.75. The summed E-state index contributed by atoms with van der Waals surface area (Å²) < 4.78 is 1.91. The third-order valence-electron chi connectivity index (χ3n) is 3.76. The maximum atomic E-state index is 12.3. The Kier molecular flexibility index (Phi) is 3.88. The van der Waals surface area contributed by atoms with Gasteiger partial charge in [-0.3, -0.25) is 9.59 Å². The molecule has 1 aliphatic rings. The maximum absolute atomic E-state index is 12.3. The molecule has 0 atom stereocenters. The van der Waals surface area contributed by atoms with Crippen molar-refractivity contribution >= 4 is 28.8 Å². The third-order valence-corrected chi connectivity index (χ3v) is 4.94. The van der Waals surface area contributed by atoms with Crippen molar-refractivity contribution in [1.29, 1.82) is 0 Å². The highest BCUT2D eigenvalue weighted by Gasteiger charge is 2.21. The van der Waals surface area contributed by atoms with Gasteiger partial charge in [0, 0.05) is 6.07 Å². The molecule has 1 saturated carbocycles. The van der Waals surface area contributed by atoms with E-state index in [4.69, 9.17) is 0 Å². The van der Waals surface area contributed by atoms with Crippen molar-refractivity contribution in [2.75, 3.05) is 5.32 Å². The maximum Gasteiger partial charge on any atom is 0.266 e. The van der Waals surface area contributed by atoms with E-state index in [-0.39, 0.29) is 11.7 Å². The molecule has 1 fully saturated rings. The van der Waals surface area contributed by atoms with Crippen LogP contribution < -0.4 is 5.32 Å². The van der Waals surface area contributed by atoms with E-state index in [0.717, 1.165) is 18.7 Å². The number of rotatable bonds is 4. The molecule has 21 heavy (non-hydrogen) atoms. The summed E-state index contributed by atoms with van der Waals surface area (Å²) in [7, 11) is 0. The molecule has 110 valence electrons. The van der Waals surface area contributed by atoms with E-state index >= 15 is 0 Å². The van der Waals surface area contributed by atoms with Crippen molar-refractivity contribution in [2.24, 2.45) is 0 Å². The van der Waals surface area contributed by atoms with Crippen molar-refractivity contribution in [3.63, 3.8) is 0 Å². The molecule has 1 N–H and O–H groups in total. The highest BCUT2D eigenvalue weighted by Crippen LogP contribution is 2.31. The zero-order valence-electron chi connectivity index (χ0n) is 11.8. The Morgan fingerprint density at radius 2 is 1.95 bits per heavy atom. The van der Waals surface area contributed by atoms with Gasteiger partial charge in [-0.1, -0.05) is 12.8 Å². The number of hydrogen-bond donors (Lipinski definition) is 1. The molecule has 2 aromatic heterocycles. The van der Waals surface area contributed by atoms with Gasteiger partial charge >= 0.3 is 0 Å². The van der Waals surface area contributed by atoms with Gasteiger partial charge < -0.3 is 5.32 Å². The van der Waals surface area contributed by atoms with Gasteiger partial charge in [-0.2, -0.15) is 5.10 Å². The van der Waals surface area contributed by atoms with Crippen molar-refractivity contribution in [3.8, 4) is 0 Å². The fourth-order valence-electron chi connectivity index (χ4n) is 2.68. The molecular formula is C15H17N3O2S. The number of carbonyl (C=O) groups is 2. The number of anilines is 1. The zero-order valence-corrected chi connectivity index (χ0v) is 12.7. The summed E-state index contributed by atoms with van der Waals surface area (Å²) in [6.07, 6.45) is 6.36. The van der Waals surface area contributed by atoms with Crippen LogP contribution in [-0.2, 0) is 0 Å². The summed E-state index contributed by atoms with van der Waals surface area (Å²) in [5.41, 5.74) is 0. The standard InChI is InChI=1S/C15H17N3O2S/c1-10(19)12-6-7-13(21-12)15(20)17-14-8-9-16-18(14)11-4-2-3-5-11/h6-9,11H,2-5H2,1H3,(H,17,20). The third kappa shape index (κ3) is 2.90. The van der Waals surface area contributed by atoms with Crippen LogP contribution in [0.3, 0.4) is 0 Å². The first-order valence-corrected chi connectivity index (χ1v) is 7.92. The van der Waals surface area contributed by atoms with Crippen LogP contribution >= 0.6 is 11.3 Å². The minimum Gasteiger partial charge on any atom is -0.306 e. The number of hydrogen-bond acceptors (Lipinski definition) is 4. The van der Waals surface area contributed by atoms with Gasteiger partial charge in [0.2, 0.25) is 0 Å². The van der Waals surface area contributed by atoms with E-state index in [1.807, 2.05) is 10.7 Å². The topological polar surface area (TPSA) is 64.0 Å². The lowest BCUT2D eigenvalue weighted by atomic mass is 10.2. The molecule has 3 rings (SSSR count). The van der Waals surface area contributed by atoms with Gasteiger partial charge in [0.05, 0.1) is 22.0 Å². The van der Waals surface area contributed by atoms with Crippen LogP contribution in [0.5, 0.6) is 0 Å². The Morgan fingerprint density at radius 3 is 2.62 bits per heavy atom. The van der Waals surface area contributed by atoms with E-state index in [2.05, 4.69) is 10.4 Å². The first-order valence-electron chi connectivity index (χ1n) is 7.11. The van der Waals surface area contributed by atoms with Crippen LogP contribution in [0, 0.1) is 0 Å². The minimum atomic E-state index is -0.188. The monoisotopic (exact) mass is 303 g/mol. The summed E-state index contributed by atoms with van der Waals surface area (Å²) in [6, 6.07) is 5.57. The minimum absolute atomic E-state index is 0.0185. The number of Topliss-reactive ketones (excluding diaryl/α,β-unsaturated/α-hetero) is 1. The fraction of sp³-hybridized carbons (Fsp3) is 0.400. The van der Waals surface area contributed by atoms with Gasteiger partial charge in [0.25, 0.3) is 5.91 Å².